The van der Waals surface area contributed by atoms with Gasteiger partial charge in [0.15, 0.2) is 6.61 Å². The summed E-state index contributed by atoms with van der Waals surface area (Å²) in [7, 11) is 0. The number of ether oxygens (including phenoxy) is 2. The first kappa shape index (κ1) is 28.5. The van der Waals surface area contributed by atoms with E-state index in [1.165, 1.54) is 34.3 Å². The van der Waals surface area contributed by atoms with E-state index in [2.05, 4.69) is 42.0 Å². The molecule has 13 nitrogen and oxygen atoms in total. The maximum absolute atomic E-state index is 12.9. The molecular formula is C26H25F3N10O3. The van der Waals surface area contributed by atoms with Crippen LogP contribution in [0.5, 0.6) is 11.6 Å². The molecule has 0 radical (unpaired) electrons. The van der Waals surface area contributed by atoms with Gasteiger partial charge in [-0.3, -0.25) is 9.48 Å². The van der Waals surface area contributed by atoms with Crippen molar-refractivity contribution >= 4 is 17.4 Å². The van der Waals surface area contributed by atoms with Gasteiger partial charge in [-0.05, 0) is 47.9 Å². The fourth-order valence-corrected chi connectivity index (χ4v) is 4.43. The molecule has 0 spiro atoms. The van der Waals surface area contributed by atoms with Crippen LogP contribution in [0.3, 0.4) is 0 Å². The van der Waals surface area contributed by atoms with Crippen molar-refractivity contribution < 1.29 is 27.4 Å². The molecule has 3 heterocycles. The molecular weight excluding hydrogens is 557 g/mol. The molecule has 1 fully saturated rings. The number of aromatic nitrogens is 8. The molecule has 1 N–H and O–H groups in total. The summed E-state index contributed by atoms with van der Waals surface area (Å²) in [5, 5.41) is 27.6. The SMILES string of the molecule is CC(Cn1cnnn1)Oc1cc(-c2cnc(Nc3cn(C4CCC(=O)CC4)nc3OCC(F)(F)F)nc2)ccc1C#N. The van der Waals surface area contributed by atoms with Crippen LogP contribution in [-0.4, -0.2) is 64.6 Å². The Bertz CT molecular complexity index is 1560. The number of nitriles is 1. The molecule has 0 bridgehead atoms. The van der Waals surface area contributed by atoms with Crippen LogP contribution in [0.1, 0.15) is 44.2 Å². The molecule has 42 heavy (non-hydrogen) atoms. The number of hydrogen-bond acceptors (Lipinski definition) is 11. The Kier molecular flexibility index (Phi) is 8.27. The first-order valence-corrected chi connectivity index (χ1v) is 13.0. The van der Waals surface area contributed by atoms with Gasteiger partial charge < -0.3 is 14.8 Å². The number of ketones is 1. The number of halogens is 3. The standard InChI is InChI=1S/C26H25F3N10O3/c1-16(12-38-15-33-36-37-38)42-23-8-17(2-3-18(23)9-30)19-10-31-25(32-11-19)34-22-13-39(20-4-6-21(40)7-5-20)35-24(22)41-14-26(27,28)29/h2-3,8,10-11,13,15-16,20H,4-7,12,14H2,1H3,(H,31,32,34). The van der Waals surface area contributed by atoms with Crippen molar-refractivity contribution in [3.63, 3.8) is 0 Å². The molecule has 0 aliphatic heterocycles. The highest BCUT2D eigenvalue weighted by atomic mass is 19.4. The van der Waals surface area contributed by atoms with Crippen molar-refractivity contribution in [2.45, 2.75) is 57.5 Å². The number of nitrogens with zero attached hydrogens (tertiary/aromatic N) is 9. The van der Waals surface area contributed by atoms with Crippen molar-refractivity contribution in [1.82, 2.24) is 40.0 Å². The molecule has 1 aliphatic rings. The van der Waals surface area contributed by atoms with E-state index < -0.39 is 12.8 Å². The number of alkyl halides is 3. The maximum atomic E-state index is 12.9. The summed E-state index contributed by atoms with van der Waals surface area (Å²) < 4.78 is 52.6. The third-order valence-electron chi connectivity index (χ3n) is 6.46. The largest absolute Gasteiger partial charge is 0.487 e. The first-order chi connectivity index (χ1) is 20.2. The molecule has 1 atom stereocenters. The Morgan fingerprint density at radius 2 is 1.95 bits per heavy atom. The first-order valence-electron chi connectivity index (χ1n) is 13.0. The van der Waals surface area contributed by atoms with Crippen LogP contribution in [0.15, 0.2) is 43.1 Å². The van der Waals surface area contributed by atoms with Crippen molar-refractivity contribution in [2.24, 2.45) is 0 Å². The number of tetrazole rings is 1. The molecule has 1 saturated carbocycles. The molecule has 5 rings (SSSR count). The fraction of sp³-hybridized carbons (Fsp3) is 0.385. The van der Waals surface area contributed by atoms with Crippen LogP contribution < -0.4 is 14.8 Å². The van der Waals surface area contributed by atoms with Crippen LogP contribution >= 0.6 is 0 Å². The molecule has 1 aliphatic carbocycles. The van der Waals surface area contributed by atoms with Crippen LogP contribution in [-0.2, 0) is 11.3 Å². The average Bonchev–Trinajstić information content (AvgIpc) is 3.62. The fourth-order valence-electron chi connectivity index (χ4n) is 4.43. The van der Waals surface area contributed by atoms with Gasteiger partial charge in [-0.15, -0.1) is 10.2 Å². The Morgan fingerprint density at radius 1 is 1.19 bits per heavy atom. The zero-order valence-electron chi connectivity index (χ0n) is 22.3. The van der Waals surface area contributed by atoms with Crippen LogP contribution in [0.25, 0.3) is 11.1 Å². The van der Waals surface area contributed by atoms with E-state index in [0.29, 0.717) is 54.7 Å². The molecule has 1 unspecified atom stereocenters. The van der Waals surface area contributed by atoms with E-state index in [0.717, 1.165) is 0 Å². The second kappa shape index (κ2) is 12.2. The molecule has 3 aromatic heterocycles. The number of nitrogens with one attached hydrogen (secondary N) is 1. The Hall–Kier alpha value is -5.07. The van der Waals surface area contributed by atoms with Crippen LogP contribution in [0, 0.1) is 11.3 Å². The lowest BCUT2D eigenvalue weighted by Crippen LogP contribution is -2.20. The Labute approximate surface area is 237 Å². The Balaban J connectivity index is 1.32. The van der Waals surface area contributed by atoms with E-state index in [9.17, 15) is 23.2 Å². The molecule has 0 amide bonds. The van der Waals surface area contributed by atoms with E-state index in [-0.39, 0.29) is 35.4 Å². The van der Waals surface area contributed by atoms with Gasteiger partial charge in [0, 0.05) is 30.8 Å². The molecule has 16 heteroatoms. The number of carbonyl (C=O) groups is 1. The van der Waals surface area contributed by atoms with E-state index in [4.69, 9.17) is 9.47 Å². The minimum atomic E-state index is -4.55. The highest BCUT2D eigenvalue weighted by Crippen LogP contribution is 2.33. The van der Waals surface area contributed by atoms with Crippen LogP contribution in [0.4, 0.5) is 24.8 Å². The van der Waals surface area contributed by atoms with Gasteiger partial charge in [0.25, 0.3) is 5.88 Å². The second-order valence-electron chi connectivity index (χ2n) is 9.71. The van der Waals surface area contributed by atoms with Gasteiger partial charge in [-0.1, -0.05) is 6.07 Å². The van der Waals surface area contributed by atoms with E-state index in [1.807, 2.05) is 6.92 Å². The van der Waals surface area contributed by atoms with Crippen molar-refractivity contribution in [1.29, 1.82) is 5.26 Å². The number of Topliss-reactive ketones (excluding diaryl/α,β-unsaturated/α-hetero) is 1. The summed E-state index contributed by atoms with van der Waals surface area (Å²) in [5.41, 5.74) is 1.79. The van der Waals surface area contributed by atoms with Crippen molar-refractivity contribution in [3.8, 4) is 28.8 Å². The van der Waals surface area contributed by atoms with Gasteiger partial charge in [0.1, 0.15) is 35.7 Å². The van der Waals surface area contributed by atoms with Crippen LogP contribution in [0.2, 0.25) is 0 Å². The summed E-state index contributed by atoms with van der Waals surface area (Å²) in [6.07, 6.45) is 3.00. The summed E-state index contributed by atoms with van der Waals surface area (Å²) in [5.74, 6) is 0.371. The zero-order valence-corrected chi connectivity index (χ0v) is 22.3. The summed E-state index contributed by atoms with van der Waals surface area (Å²) in [4.78, 5) is 20.2. The zero-order chi connectivity index (χ0) is 29.7. The molecule has 218 valence electrons. The number of carbonyl (C=O) groups excluding carboxylic acids is 1. The number of anilines is 2. The van der Waals surface area contributed by atoms with Gasteiger partial charge in [0.05, 0.1) is 24.3 Å². The van der Waals surface area contributed by atoms with Crippen molar-refractivity contribution in [3.05, 3.63) is 48.7 Å². The van der Waals surface area contributed by atoms with E-state index in [1.54, 1.807) is 18.2 Å². The lowest BCUT2D eigenvalue weighted by atomic mass is 9.95. The van der Waals surface area contributed by atoms with Gasteiger partial charge in [-0.2, -0.15) is 18.4 Å². The highest BCUT2D eigenvalue weighted by Gasteiger charge is 2.30. The average molecular weight is 583 g/mol. The van der Waals surface area contributed by atoms with Gasteiger partial charge in [-0.25, -0.2) is 14.6 Å². The third kappa shape index (κ3) is 7.16. The Morgan fingerprint density at radius 3 is 2.62 bits per heavy atom. The predicted octanol–water partition coefficient (Wildman–Crippen LogP) is 4.03. The monoisotopic (exact) mass is 582 g/mol. The minimum Gasteiger partial charge on any atom is -0.487 e. The van der Waals surface area contributed by atoms with E-state index >= 15 is 0 Å². The molecule has 0 saturated heterocycles. The summed E-state index contributed by atoms with van der Waals surface area (Å²) in [6, 6.07) is 7.01. The second-order valence-corrected chi connectivity index (χ2v) is 9.71. The van der Waals surface area contributed by atoms with Crippen molar-refractivity contribution in [2.75, 3.05) is 11.9 Å². The number of benzene rings is 1. The lowest BCUT2D eigenvalue weighted by molar-refractivity contribution is -0.154. The summed E-state index contributed by atoms with van der Waals surface area (Å²) in [6.45, 7) is 0.677. The normalized spacial score (nSPS) is 14.8. The summed E-state index contributed by atoms with van der Waals surface area (Å²) >= 11 is 0. The third-order valence-corrected chi connectivity index (χ3v) is 6.46. The smallest absolute Gasteiger partial charge is 0.422 e. The van der Waals surface area contributed by atoms with Gasteiger partial charge >= 0.3 is 6.18 Å². The lowest BCUT2D eigenvalue weighted by Gasteiger charge is -2.20. The quantitative estimate of drug-likeness (QED) is 0.288. The maximum Gasteiger partial charge on any atom is 0.422 e. The number of rotatable bonds is 10. The topological polar surface area (TPSA) is 159 Å². The highest BCUT2D eigenvalue weighted by molar-refractivity contribution is 5.79. The number of hydrogen-bond donors (Lipinski definition) is 1. The predicted molar refractivity (Wildman–Crippen MR) is 140 cm³/mol. The van der Waals surface area contributed by atoms with Gasteiger partial charge in [0.2, 0.25) is 5.95 Å². The minimum absolute atomic E-state index is 0.106. The molecule has 4 aromatic rings. The molecule has 1 aromatic carbocycles.